The second-order valence-electron chi connectivity index (χ2n) is 8.54. The Balaban J connectivity index is 0.00000392. The molecule has 0 radical (unpaired) electrons. The van der Waals surface area contributed by atoms with Crippen molar-refractivity contribution in [2.45, 2.75) is 83.5 Å². The number of aliphatic imine (C=N–C) groups is 1. The number of alkyl carbamates (subject to hydrolysis) is 1. The van der Waals surface area contributed by atoms with Crippen LogP contribution in [0.15, 0.2) is 4.99 Å². The molecule has 7 nitrogen and oxygen atoms in total. The van der Waals surface area contributed by atoms with Gasteiger partial charge in [0.15, 0.2) is 5.96 Å². The first-order chi connectivity index (χ1) is 12.9. The lowest BCUT2D eigenvalue weighted by Gasteiger charge is -2.24. The summed E-state index contributed by atoms with van der Waals surface area (Å²) in [7, 11) is 1.80. The number of hydrogen-bond donors (Lipinski definition) is 2. The molecule has 2 fully saturated rings. The van der Waals surface area contributed by atoms with Gasteiger partial charge in [-0.25, -0.2) is 4.79 Å². The molecule has 1 unspecified atom stereocenters. The van der Waals surface area contributed by atoms with Crippen LogP contribution in [0.25, 0.3) is 0 Å². The maximum Gasteiger partial charge on any atom is 0.407 e. The van der Waals surface area contributed by atoms with Gasteiger partial charge in [-0.2, -0.15) is 0 Å². The normalized spacial score (nSPS) is 21.2. The van der Waals surface area contributed by atoms with Crippen LogP contribution < -0.4 is 10.6 Å². The molecule has 1 aliphatic heterocycles. The molecule has 2 rings (SSSR count). The molecule has 0 aromatic rings. The molecule has 1 heterocycles. The fourth-order valence-electron chi connectivity index (χ4n) is 3.63. The third kappa shape index (κ3) is 9.62. The molecule has 2 aliphatic rings. The van der Waals surface area contributed by atoms with Crippen molar-refractivity contribution in [2.24, 2.45) is 4.99 Å². The fraction of sp³-hybridized carbons (Fsp3) is 0.900. The molecule has 0 aromatic carbocycles. The molecule has 1 saturated carbocycles. The molecule has 8 heteroatoms. The predicted octanol–water partition coefficient (Wildman–Crippen LogP) is 3.52. The number of guanidine groups is 1. The highest BCUT2D eigenvalue weighted by Gasteiger charge is 2.27. The molecular weight excluding hydrogens is 471 g/mol. The highest BCUT2D eigenvalue weighted by Crippen LogP contribution is 2.20. The van der Waals surface area contributed by atoms with Crippen LogP contribution in [0, 0.1) is 0 Å². The minimum absolute atomic E-state index is 0. The first-order valence-corrected chi connectivity index (χ1v) is 10.4. The highest BCUT2D eigenvalue weighted by molar-refractivity contribution is 14.0. The molecule has 1 aliphatic carbocycles. The first kappa shape index (κ1) is 25.3. The van der Waals surface area contributed by atoms with Crippen molar-refractivity contribution in [3.8, 4) is 0 Å². The van der Waals surface area contributed by atoms with E-state index >= 15 is 0 Å². The van der Waals surface area contributed by atoms with Gasteiger partial charge in [-0.15, -0.1) is 24.0 Å². The Bertz CT molecular complexity index is 490. The molecule has 0 aromatic heterocycles. The summed E-state index contributed by atoms with van der Waals surface area (Å²) in [5.41, 5.74) is -0.473. The number of halogens is 1. The Morgan fingerprint density at radius 1 is 1.18 bits per heavy atom. The minimum atomic E-state index is -0.473. The molecule has 2 N–H and O–H groups in total. The smallest absolute Gasteiger partial charge is 0.407 e. The summed E-state index contributed by atoms with van der Waals surface area (Å²) in [5.74, 6) is 0.890. The van der Waals surface area contributed by atoms with Crippen LogP contribution in [-0.4, -0.2) is 68.0 Å². The molecule has 1 atom stereocenters. The van der Waals surface area contributed by atoms with Crippen LogP contribution in [0.5, 0.6) is 0 Å². The van der Waals surface area contributed by atoms with Gasteiger partial charge < -0.3 is 25.0 Å². The predicted molar refractivity (Wildman–Crippen MR) is 124 cm³/mol. The fourth-order valence-corrected chi connectivity index (χ4v) is 3.63. The van der Waals surface area contributed by atoms with E-state index in [1.165, 1.54) is 32.1 Å². The standard InChI is InChI=1S/C20H38N4O3.HI/c1-20(2,3)27-19(25)23-16-11-13-24(15-16)18(21-4)22-12-8-14-26-17-9-6-5-7-10-17;/h16-17H,5-15H2,1-4H3,(H,21,22)(H,23,25);1H. The lowest BCUT2D eigenvalue weighted by molar-refractivity contribution is 0.0276. The molecular formula is C20H39IN4O3. The third-order valence-corrected chi connectivity index (χ3v) is 4.93. The molecule has 0 bridgehead atoms. The Labute approximate surface area is 187 Å². The number of nitrogens with one attached hydrogen (secondary N) is 2. The van der Waals surface area contributed by atoms with E-state index in [2.05, 4.69) is 20.5 Å². The number of carbonyl (C=O) groups is 1. The first-order valence-electron chi connectivity index (χ1n) is 10.4. The van der Waals surface area contributed by atoms with E-state index in [0.29, 0.717) is 6.10 Å². The van der Waals surface area contributed by atoms with Crippen molar-refractivity contribution in [1.29, 1.82) is 0 Å². The number of likely N-dealkylation sites (tertiary alicyclic amines) is 1. The number of ether oxygens (including phenoxy) is 2. The third-order valence-electron chi connectivity index (χ3n) is 4.93. The van der Waals surface area contributed by atoms with E-state index in [4.69, 9.17) is 9.47 Å². The van der Waals surface area contributed by atoms with Crippen molar-refractivity contribution < 1.29 is 14.3 Å². The summed E-state index contributed by atoms with van der Waals surface area (Å²) in [6, 6.07) is 0.0908. The van der Waals surface area contributed by atoms with E-state index in [0.717, 1.165) is 45.0 Å². The maximum atomic E-state index is 11.9. The minimum Gasteiger partial charge on any atom is -0.444 e. The van der Waals surface area contributed by atoms with Gasteiger partial charge in [0.1, 0.15) is 5.60 Å². The molecule has 28 heavy (non-hydrogen) atoms. The van der Waals surface area contributed by atoms with E-state index in [1.54, 1.807) is 7.05 Å². The number of hydrogen-bond acceptors (Lipinski definition) is 4. The lowest BCUT2D eigenvalue weighted by atomic mass is 9.98. The number of nitrogens with zero attached hydrogens (tertiary/aromatic N) is 2. The second kappa shape index (κ2) is 12.7. The van der Waals surface area contributed by atoms with Crippen molar-refractivity contribution in [3.63, 3.8) is 0 Å². The van der Waals surface area contributed by atoms with E-state index in [-0.39, 0.29) is 36.1 Å². The van der Waals surface area contributed by atoms with Gasteiger partial charge in [0.2, 0.25) is 0 Å². The van der Waals surface area contributed by atoms with Crippen LogP contribution in [0.3, 0.4) is 0 Å². The van der Waals surface area contributed by atoms with E-state index in [9.17, 15) is 4.79 Å². The number of amides is 1. The van der Waals surface area contributed by atoms with Crippen LogP contribution in [-0.2, 0) is 9.47 Å². The van der Waals surface area contributed by atoms with E-state index in [1.807, 2.05) is 20.8 Å². The summed E-state index contributed by atoms with van der Waals surface area (Å²) in [6.07, 6.45) is 8.40. The molecule has 1 amide bonds. The number of rotatable bonds is 6. The summed E-state index contributed by atoms with van der Waals surface area (Å²) in [6.45, 7) is 8.89. The van der Waals surface area contributed by atoms with Crippen molar-refractivity contribution in [2.75, 3.05) is 33.3 Å². The number of carbonyl (C=O) groups excluding carboxylic acids is 1. The zero-order valence-electron chi connectivity index (χ0n) is 18.0. The quantitative estimate of drug-likeness (QED) is 0.248. The van der Waals surface area contributed by atoms with Crippen LogP contribution in [0.4, 0.5) is 4.79 Å². The van der Waals surface area contributed by atoms with Gasteiger partial charge >= 0.3 is 6.09 Å². The Morgan fingerprint density at radius 3 is 2.54 bits per heavy atom. The average Bonchev–Trinajstić information content (AvgIpc) is 3.05. The average molecular weight is 510 g/mol. The van der Waals surface area contributed by atoms with Crippen molar-refractivity contribution in [1.82, 2.24) is 15.5 Å². The van der Waals surface area contributed by atoms with Crippen LogP contribution >= 0.6 is 24.0 Å². The summed E-state index contributed by atoms with van der Waals surface area (Å²) in [4.78, 5) is 18.5. The second-order valence-corrected chi connectivity index (χ2v) is 8.54. The molecule has 0 spiro atoms. The van der Waals surface area contributed by atoms with Crippen molar-refractivity contribution >= 4 is 36.0 Å². The van der Waals surface area contributed by atoms with Gasteiger partial charge in [-0.1, -0.05) is 19.3 Å². The largest absolute Gasteiger partial charge is 0.444 e. The lowest BCUT2D eigenvalue weighted by Crippen LogP contribution is -2.44. The Kier molecular flexibility index (Phi) is 11.5. The highest BCUT2D eigenvalue weighted by atomic mass is 127. The van der Waals surface area contributed by atoms with Gasteiger partial charge in [0.25, 0.3) is 0 Å². The van der Waals surface area contributed by atoms with Gasteiger partial charge in [-0.3, -0.25) is 4.99 Å². The van der Waals surface area contributed by atoms with E-state index < -0.39 is 5.60 Å². The molecule has 1 saturated heterocycles. The molecule has 164 valence electrons. The zero-order chi connectivity index (χ0) is 19.7. The van der Waals surface area contributed by atoms with Gasteiger partial charge in [0.05, 0.1) is 12.1 Å². The maximum absolute atomic E-state index is 11.9. The van der Waals surface area contributed by atoms with Gasteiger partial charge in [0, 0.05) is 33.3 Å². The summed E-state index contributed by atoms with van der Waals surface area (Å²) >= 11 is 0. The zero-order valence-corrected chi connectivity index (χ0v) is 20.3. The van der Waals surface area contributed by atoms with Crippen LogP contribution in [0.2, 0.25) is 0 Å². The SMILES string of the molecule is CN=C(NCCCOC1CCCCC1)N1CCC(NC(=O)OC(C)(C)C)C1.I. The van der Waals surface area contributed by atoms with Crippen LogP contribution in [0.1, 0.15) is 65.7 Å². The Morgan fingerprint density at radius 2 is 1.89 bits per heavy atom. The van der Waals surface area contributed by atoms with Crippen molar-refractivity contribution in [3.05, 3.63) is 0 Å². The van der Waals surface area contributed by atoms with Gasteiger partial charge in [-0.05, 0) is 46.5 Å². The monoisotopic (exact) mass is 510 g/mol. The summed E-state index contributed by atoms with van der Waals surface area (Å²) in [5, 5.41) is 6.36. The topological polar surface area (TPSA) is 75.2 Å². The Hall–Kier alpha value is -0.770. The summed E-state index contributed by atoms with van der Waals surface area (Å²) < 4.78 is 11.3.